The summed E-state index contributed by atoms with van der Waals surface area (Å²) in [7, 11) is 2.16. The van der Waals surface area contributed by atoms with E-state index >= 15 is 0 Å². The van der Waals surface area contributed by atoms with Crippen LogP contribution in [0, 0.1) is 6.92 Å². The summed E-state index contributed by atoms with van der Waals surface area (Å²) < 4.78 is 0. The quantitative estimate of drug-likeness (QED) is 0.691. The molecular formula is C21H24N4OS2. The van der Waals surface area contributed by atoms with Gasteiger partial charge in [0.05, 0.1) is 10.6 Å². The second kappa shape index (κ2) is 8.43. The first-order chi connectivity index (χ1) is 13.6. The Hall–Kier alpha value is -2.22. The minimum absolute atomic E-state index is 0.0500. The van der Waals surface area contributed by atoms with Crippen molar-refractivity contribution in [1.82, 2.24) is 15.2 Å². The molecule has 0 bridgehead atoms. The summed E-state index contributed by atoms with van der Waals surface area (Å²) in [6, 6.07) is 12.4. The summed E-state index contributed by atoms with van der Waals surface area (Å²) >= 11 is 3.11. The second-order valence-corrected chi connectivity index (χ2v) is 8.96. The molecule has 5 nitrogen and oxygen atoms in total. The number of thiophene rings is 1. The number of carbonyl (C=O) groups excluding carboxylic acids is 1. The van der Waals surface area contributed by atoms with E-state index in [1.54, 1.807) is 11.3 Å². The van der Waals surface area contributed by atoms with E-state index in [9.17, 15) is 4.79 Å². The first-order valence-corrected chi connectivity index (χ1v) is 11.1. The number of rotatable bonds is 5. The molecule has 0 radical (unpaired) electrons. The molecule has 0 spiro atoms. The number of likely N-dealkylation sites (N-methyl/N-ethyl adjacent to an activating group) is 1. The number of hydrogen-bond donors (Lipinski definition) is 1. The number of benzene rings is 1. The third kappa shape index (κ3) is 4.11. The maximum Gasteiger partial charge on any atom is 0.263 e. The van der Waals surface area contributed by atoms with Crippen LogP contribution in [0.25, 0.3) is 9.88 Å². The van der Waals surface area contributed by atoms with Crippen molar-refractivity contribution in [3.05, 3.63) is 57.9 Å². The van der Waals surface area contributed by atoms with Crippen LogP contribution in [0.15, 0.2) is 41.8 Å². The van der Waals surface area contributed by atoms with E-state index in [4.69, 9.17) is 0 Å². The largest absolute Gasteiger partial charge is 0.369 e. The van der Waals surface area contributed by atoms with Crippen LogP contribution >= 0.6 is 22.7 Å². The zero-order valence-corrected chi connectivity index (χ0v) is 17.8. The SMILES string of the molecule is Cc1nc(-c2cccs2)sc1C(=O)NCc1ccccc1N1CCN(C)CC1. The topological polar surface area (TPSA) is 48.5 Å². The van der Waals surface area contributed by atoms with Gasteiger partial charge in [0.15, 0.2) is 0 Å². The molecule has 3 heterocycles. The lowest BCUT2D eigenvalue weighted by molar-refractivity contribution is 0.0954. The van der Waals surface area contributed by atoms with Gasteiger partial charge in [-0.25, -0.2) is 4.98 Å². The van der Waals surface area contributed by atoms with Crippen LogP contribution in [-0.4, -0.2) is 49.0 Å². The number of carbonyl (C=O) groups is 1. The van der Waals surface area contributed by atoms with Gasteiger partial charge in [-0.15, -0.1) is 22.7 Å². The summed E-state index contributed by atoms with van der Waals surface area (Å²) in [5.74, 6) is -0.0500. The molecule has 7 heteroatoms. The van der Waals surface area contributed by atoms with Gasteiger partial charge in [-0.05, 0) is 37.0 Å². The molecule has 1 aliphatic rings. The Bertz CT molecular complexity index is 943. The summed E-state index contributed by atoms with van der Waals surface area (Å²) in [5, 5.41) is 6.04. The van der Waals surface area contributed by atoms with E-state index in [2.05, 4.69) is 45.3 Å². The Balaban J connectivity index is 1.46. The number of anilines is 1. The molecule has 0 aliphatic carbocycles. The lowest BCUT2D eigenvalue weighted by atomic mass is 10.1. The van der Waals surface area contributed by atoms with Crippen LogP contribution in [0.4, 0.5) is 5.69 Å². The zero-order valence-electron chi connectivity index (χ0n) is 16.1. The van der Waals surface area contributed by atoms with E-state index < -0.39 is 0 Å². The van der Waals surface area contributed by atoms with Gasteiger partial charge in [0, 0.05) is 38.4 Å². The third-order valence-corrected chi connectivity index (χ3v) is 7.21. The van der Waals surface area contributed by atoms with E-state index in [0.29, 0.717) is 11.4 Å². The van der Waals surface area contributed by atoms with E-state index in [1.165, 1.54) is 17.0 Å². The Morgan fingerprint density at radius 1 is 1.14 bits per heavy atom. The number of piperazine rings is 1. The van der Waals surface area contributed by atoms with Gasteiger partial charge in [0.2, 0.25) is 0 Å². The molecule has 146 valence electrons. The van der Waals surface area contributed by atoms with Gasteiger partial charge in [0.25, 0.3) is 5.91 Å². The number of aromatic nitrogens is 1. The fraction of sp³-hybridized carbons (Fsp3) is 0.333. The number of amides is 1. The summed E-state index contributed by atoms with van der Waals surface area (Å²) in [6.45, 7) is 6.57. The maximum atomic E-state index is 12.8. The fourth-order valence-corrected chi connectivity index (χ4v) is 5.16. The monoisotopic (exact) mass is 412 g/mol. The van der Waals surface area contributed by atoms with Crippen LogP contribution in [0.2, 0.25) is 0 Å². The minimum Gasteiger partial charge on any atom is -0.369 e. The summed E-state index contributed by atoms with van der Waals surface area (Å²) in [5.41, 5.74) is 3.16. The van der Waals surface area contributed by atoms with Crippen molar-refractivity contribution < 1.29 is 4.79 Å². The van der Waals surface area contributed by atoms with E-state index in [1.807, 2.05) is 30.5 Å². The fourth-order valence-electron chi connectivity index (χ4n) is 3.38. The number of thiazole rings is 1. The molecule has 1 N–H and O–H groups in total. The second-order valence-electron chi connectivity index (χ2n) is 7.01. The van der Waals surface area contributed by atoms with Crippen LogP contribution in [0.5, 0.6) is 0 Å². The number of nitrogens with zero attached hydrogens (tertiary/aromatic N) is 3. The molecule has 28 heavy (non-hydrogen) atoms. The minimum atomic E-state index is -0.0500. The predicted molar refractivity (Wildman–Crippen MR) is 117 cm³/mol. The molecule has 0 saturated carbocycles. The molecular weight excluding hydrogens is 388 g/mol. The van der Waals surface area contributed by atoms with E-state index in [0.717, 1.165) is 47.3 Å². The molecule has 2 aromatic heterocycles. The lowest BCUT2D eigenvalue weighted by Crippen LogP contribution is -2.45. The van der Waals surface area contributed by atoms with Crippen LogP contribution in [0.3, 0.4) is 0 Å². The summed E-state index contributed by atoms with van der Waals surface area (Å²) in [4.78, 5) is 23.9. The Labute approximate surface area is 173 Å². The average Bonchev–Trinajstić information content (AvgIpc) is 3.37. The van der Waals surface area contributed by atoms with Crippen molar-refractivity contribution in [2.45, 2.75) is 13.5 Å². The molecule has 4 rings (SSSR count). The van der Waals surface area contributed by atoms with Crippen molar-refractivity contribution in [3.8, 4) is 9.88 Å². The first-order valence-electron chi connectivity index (χ1n) is 9.42. The standard InChI is InChI=1S/C21H24N4OS2/c1-15-19(28-21(23-15)18-8-5-13-27-18)20(26)22-14-16-6-3-4-7-17(16)25-11-9-24(2)10-12-25/h3-8,13H,9-12,14H2,1-2H3,(H,22,26). The van der Waals surface area contributed by atoms with Crippen LogP contribution in [-0.2, 0) is 6.54 Å². The van der Waals surface area contributed by atoms with E-state index in [-0.39, 0.29) is 5.91 Å². The maximum absolute atomic E-state index is 12.8. The highest BCUT2D eigenvalue weighted by Crippen LogP contribution is 2.31. The number of hydrogen-bond acceptors (Lipinski definition) is 6. The van der Waals surface area contributed by atoms with Crippen molar-refractivity contribution in [1.29, 1.82) is 0 Å². The van der Waals surface area contributed by atoms with Crippen molar-refractivity contribution in [2.24, 2.45) is 0 Å². The van der Waals surface area contributed by atoms with Crippen molar-refractivity contribution >= 4 is 34.3 Å². The van der Waals surface area contributed by atoms with Gasteiger partial charge in [-0.2, -0.15) is 0 Å². The highest BCUT2D eigenvalue weighted by Gasteiger charge is 2.19. The van der Waals surface area contributed by atoms with Gasteiger partial charge in [-0.1, -0.05) is 24.3 Å². The molecule has 1 aromatic carbocycles. The normalized spacial score (nSPS) is 15.0. The Morgan fingerprint density at radius 2 is 1.93 bits per heavy atom. The van der Waals surface area contributed by atoms with Crippen LogP contribution in [0.1, 0.15) is 20.9 Å². The highest BCUT2D eigenvalue weighted by atomic mass is 32.1. The zero-order chi connectivity index (χ0) is 19.5. The number of aryl methyl sites for hydroxylation is 1. The van der Waals surface area contributed by atoms with Gasteiger partial charge in [0.1, 0.15) is 9.88 Å². The molecule has 1 saturated heterocycles. The van der Waals surface area contributed by atoms with Crippen molar-refractivity contribution in [2.75, 3.05) is 38.1 Å². The van der Waals surface area contributed by atoms with Gasteiger partial charge >= 0.3 is 0 Å². The molecule has 1 amide bonds. The smallest absolute Gasteiger partial charge is 0.263 e. The molecule has 1 fully saturated rings. The Morgan fingerprint density at radius 3 is 2.68 bits per heavy atom. The first kappa shape index (κ1) is 19.1. The lowest BCUT2D eigenvalue weighted by Gasteiger charge is -2.35. The molecule has 1 aliphatic heterocycles. The number of nitrogens with one attached hydrogen (secondary N) is 1. The number of para-hydroxylation sites is 1. The van der Waals surface area contributed by atoms with Crippen molar-refractivity contribution in [3.63, 3.8) is 0 Å². The van der Waals surface area contributed by atoms with Gasteiger partial charge < -0.3 is 15.1 Å². The molecule has 3 aromatic rings. The van der Waals surface area contributed by atoms with Gasteiger partial charge in [-0.3, -0.25) is 4.79 Å². The molecule has 0 atom stereocenters. The predicted octanol–water partition coefficient (Wildman–Crippen LogP) is 3.86. The Kier molecular flexibility index (Phi) is 5.75. The summed E-state index contributed by atoms with van der Waals surface area (Å²) in [6.07, 6.45) is 0. The average molecular weight is 413 g/mol. The highest BCUT2D eigenvalue weighted by molar-refractivity contribution is 7.22. The van der Waals surface area contributed by atoms with Crippen LogP contribution < -0.4 is 10.2 Å². The molecule has 0 unspecified atom stereocenters. The third-order valence-electron chi connectivity index (χ3n) is 5.01.